The Morgan fingerprint density at radius 3 is 2.27 bits per heavy atom. The summed E-state index contributed by atoms with van der Waals surface area (Å²) in [7, 11) is 0. The van der Waals surface area contributed by atoms with Crippen molar-refractivity contribution in [1.29, 1.82) is 0 Å². The smallest absolute Gasteiger partial charge is 0.328 e. The maximum atomic E-state index is 12.3. The lowest BCUT2D eigenvalue weighted by Crippen LogP contribution is -2.50. The Morgan fingerprint density at radius 1 is 1.17 bits per heavy atom. The van der Waals surface area contributed by atoms with E-state index in [1.807, 2.05) is 24.3 Å². The predicted molar refractivity (Wildman–Crippen MR) is 117 cm³/mol. The van der Waals surface area contributed by atoms with Gasteiger partial charge in [0.2, 0.25) is 5.91 Å². The number of benzene rings is 1. The minimum absolute atomic E-state index is 0.0254. The van der Waals surface area contributed by atoms with Crippen molar-refractivity contribution in [2.75, 3.05) is 36.4 Å². The zero-order valence-electron chi connectivity index (χ0n) is 17.0. The molecule has 8 nitrogen and oxygen atoms in total. The number of hydrogen-bond acceptors (Lipinski definition) is 6. The standard InChI is InChI=1S/C20H29Cl2N3O5/c1-2-30-20(29)17(24-19(28)16(23)7-8-18(26)27)13-14-3-5-15(6-4-14)25(11-9-21)12-10-22/h3-6,16-17H,2,7-13,23H2,1H3,(H,24,28)(H,26,27). The number of esters is 1. The number of nitrogens with zero attached hydrogens (tertiary/aromatic N) is 1. The number of hydrogen-bond donors (Lipinski definition) is 3. The predicted octanol–water partition coefficient (Wildman–Crippen LogP) is 1.75. The Hall–Kier alpha value is -2.03. The third kappa shape index (κ3) is 9.19. The number of aliphatic carboxylic acids is 1. The molecule has 4 N–H and O–H groups in total. The van der Waals surface area contributed by atoms with E-state index in [0.717, 1.165) is 11.3 Å². The van der Waals surface area contributed by atoms with Crippen LogP contribution in [0.15, 0.2) is 24.3 Å². The second-order valence-electron chi connectivity index (χ2n) is 6.59. The monoisotopic (exact) mass is 461 g/mol. The molecule has 0 heterocycles. The van der Waals surface area contributed by atoms with Crippen molar-refractivity contribution >= 4 is 46.7 Å². The topological polar surface area (TPSA) is 122 Å². The van der Waals surface area contributed by atoms with Gasteiger partial charge in [0.1, 0.15) is 6.04 Å². The molecule has 0 bridgehead atoms. The summed E-state index contributed by atoms with van der Waals surface area (Å²) >= 11 is 11.7. The van der Waals surface area contributed by atoms with Gasteiger partial charge in [0.05, 0.1) is 12.6 Å². The van der Waals surface area contributed by atoms with E-state index in [1.54, 1.807) is 6.92 Å². The number of nitrogens with two attached hydrogens (primary N) is 1. The van der Waals surface area contributed by atoms with Gasteiger partial charge in [-0.15, -0.1) is 23.2 Å². The number of carbonyl (C=O) groups is 3. The van der Waals surface area contributed by atoms with E-state index in [-0.39, 0.29) is 25.9 Å². The van der Waals surface area contributed by atoms with Crippen molar-refractivity contribution < 1.29 is 24.2 Å². The van der Waals surface area contributed by atoms with Crippen LogP contribution in [-0.4, -0.2) is 66.5 Å². The summed E-state index contributed by atoms with van der Waals surface area (Å²) < 4.78 is 5.05. The van der Waals surface area contributed by atoms with E-state index in [9.17, 15) is 14.4 Å². The number of alkyl halides is 2. The van der Waals surface area contributed by atoms with Gasteiger partial charge < -0.3 is 25.8 Å². The molecule has 2 atom stereocenters. The van der Waals surface area contributed by atoms with Crippen molar-refractivity contribution in [2.45, 2.75) is 38.3 Å². The van der Waals surface area contributed by atoms with Crippen LogP contribution in [0.2, 0.25) is 0 Å². The van der Waals surface area contributed by atoms with Gasteiger partial charge in [0.15, 0.2) is 0 Å². The average Bonchev–Trinajstić information content (AvgIpc) is 2.72. The van der Waals surface area contributed by atoms with Crippen LogP contribution in [-0.2, 0) is 25.5 Å². The van der Waals surface area contributed by atoms with Crippen LogP contribution in [0.3, 0.4) is 0 Å². The van der Waals surface area contributed by atoms with E-state index in [0.29, 0.717) is 24.8 Å². The number of carboxylic acids is 1. The third-order valence-electron chi connectivity index (χ3n) is 4.34. The number of anilines is 1. The van der Waals surface area contributed by atoms with Gasteiger partial charge in [-0.25, -0.2) is 4.79 Å². The second-order valence-corrected chi connectivity index (χ2v) is 7.34. The first-order chi connectivity index (χ1) is 14.3. The molecule has 1 rings (SSSR count). The highest BCUT2D eigenvalue weighted by Crippen LogP contribution is 2.17. The fraction of sp³-hybridized carbons (Fsp3) is 0.550. The van der Waals surface area contributed by atoms with E-state index in [2.05, 4.69) is 10.2 Å². The Bertz CT molecular complexity index is 682. The Balaban J connectivity index is 2.85. The first-order valence-electron chi connectivity index (χ1n) is 9.72. The number of ether oxygens (including phenoxy) is 1. The fourth-order valence-corrected chi connectivity index (χ4v) is 3.19. The first kappa shape index (κ1) is 26.0. The highest BCUT2D eigenvalue weighted by molar-refractivity contribution is 6.18. The normalized spacial score (nSPS) is 12.7. The minimum Gasteiger partial charge on any atom is -0.481 e. The lowest BCUT2D eigenvalue weighted by molar-refractivity contribution is -0.147. The highest BCUT2D eigenvalue weighted by Gasteiger charge is 2.25. The van der Waals surface area contributed by atoms with Crippen LogP contribution >= 0.6 is 23.2 Å². The number of rotatable bonds is 14. The molecule has 30 heavy (non-hydrogen) atoms. The fourth-order valence-electron chi connectivity index (χ4n) is 2.78. The lowest BCUT2D eigenvalue weighted by atomic mass is 10.0. The summed E-state index contributed by atoms with van der Waals surface area (Å²) in [6.45, 7) is 3.15. The van der Waals surface area contributed by atoms with E-state index in [4.69, 9.17) is 38.8 Å². The molecule has 0 saturated carbocycles. The molecule has 10 heteroatoms. The molecular weight excluding hydrogens is 433 g/mol. The highest BCUT2D eigenvalue weighted by atomic mass is 35.5. The second kappa shape index (κ2) is 14.1. The van der Waals surface area contributed by atoms with Crippen LogP contribution in [0.1, 0.15) is 25.3 Å². The summed E-state index contributed by atoms with van der Waals surface area (Å²) in [4.78, 5) is 37.3. The number of carboxylic acid groups (broad SMARTS) is 1. The molecule has 1 aromatic rings. The van der Waals surface area contributed by atoms with Crippen LogP contribution < -0.4 is 16.0 Å². The molecule has 168 valence electrons. The summed E-state index contributed by atoms with van der Waals surface area (Å²) in [5.41, 5.74) is 7.50. The van der Waals surface area contributed by atoms with Crippen LogP contribution in [0.5, 0.6) is 0 Å². The SMILES string of the molecule is CCOC(=O)C(Cc1ccc(N(CCCl)CCCl)cc1)NC(=O)C(N)CCC(=O)O. The zero-order valence-corrected chi connectivity index (χ0v) is 18.5. The molecule has 0 radical (unpaired) electrons. The van der Waals surface area contributed by atoms with Gasteiger partial charge in [-0.2, -0.15) is 0 Å². The molecule has 0 aliphatic rings. The summed E-state index contributed by atoms with van der Waals surface area (Å²) in [6, 6.07) is 5.55. The largest absolute Gasteiger partial charge is 0.481 e. The van der Waals surface area contributed by atoms with Gasteiger partial charge in [0, 0.05) is 43.4 Å². The number of carbonyl (C=O) groups excluding carboxylic acids is 2. The molecular formula is C20H29Cl2N3O5. The summed E-state index contributed by atoms with van der Waals surface area (Å²) in [5, 5.41) is 11.3. The van der Waals surface area contributed by atoms with Crippen molar-refractivity contribution in [3.63, 3.8) is 0 Å². The average molecular weight is 462 g/mol. The third-order valence-corrected chi connectivity index (χ3v) is 4.68. The quantitative estimate of drug-likeness (QED) is 0.285. The maximum Gasteiger partial charge on any atom is 0.328 e. The van der Waals surface area contributed by atoms with Crippen molar-refractivity contribution in [1.82, 2.24) is 5.32 Å². The Kier molecular flexibility index (Phi) is 12.2. The van der Waals surface area contributed by atoms with E-state index >= 15 is 0 Å². The van der Waals surface area contributed by atoms with Crippen molar-refractivity contribution in [3.8, 4) is 0 Å². The van der Waals surface area contributed by atoms with E-state index < -0.39 is 29.9 Å². The van der Waals surface area contributed by atoms with Crippen LogP contribution in [0.4, 0.5) is 5.69 Å². The molecule has 0 aromatic heterocycles. The molecule has 0 saturated heterocycles. The molecule has 0 fully saturated rings. The molecule has 1 amide bonds. The van der Waals surface area contributed by atoms with Gasteiger partial charge in [-0.1, -0.05) is 12.1 Å². The zero-order chi connectivity index (χ0) is 22.5. The van der Waals surface area contributed by atoms with Gasteiger partial charge in [-0.05, 0) is 31.0 Å². The molecule has 0 aliphatic heterocycles. The number of amides is 1. The van der Waals surface area contributed by atoms with Gasteiger partial charge in [0.25, 0.3) is 0 Å². The first-order valence-corrected chi connectivity index (χ1v) is 10.8. The Morgan fingerprint density at radius 2 is 1.77 bits per heavy atom. The molecule has 0 spiro atoms. The van der Waals surface area contributed by atoms with E-state index in [1.165, 1.54) is 0 Å². The van der Waals surface area contributed by atoms with Crippen LogP contribution in [0.25, 0.3) is 0 Å². The lowest BCUT2D eigenvalue weighted by Gasteiger charge is -2.23. The van der Waals surface area contributed by atoms with Crippen molar-refractivity contribution in [2.24, 2.45) is 5.73 Å². The summed E-state index contributed by atoms with van der Waals surface area (Å²) in [5.74, 6) is -1.28. The van der Waals surface area contributed by atoms with Crippen molar-refractivity contribution in [3.05, 3.63) is 29.8 Å². The van der Waals surface area contributed by atoms with Gasteiger partial charge in [-0.3, -0.25) is 9.59 Å². The summed E-state index contributed by atoms with van der Waals surface area (Å²) in [6.07, 6.45) is -0.0505. The van der Waals surface area contributed by atoms with Gasteiger partial charge >= 0.3 is 11.9 Å². The maximum absolute atomic E-state index is 12.3. The number of nitrogens with one attached hydrogen (secondary N) is 1. The molecule has 2 unspecified atom stereocenters. The van der Waals surface area contributed by atoms with Crippen LogP contribution in [0, 0.1) is 0 Å². The molecule has 0 aliphatic carbocycles. The minimum atomic E-state index is -1.04. The Labute approximate surface area is 186 Å². The number of halogens is 2. The molecule has 1 aromatic carbocycles.